The van der Waals surface area contributed by atoms with Crippen LogP contribution in [0.15, 0.2) is 42.5 Å². The fraction of sp³-hybridized carbons (Fsp3) is 0.400. The molecule has 0 heterocycles. The average Bonchev–Trinajstić information content (AvgIpc) is 2.29. The van der Waals surface area contributed by atoms with E-state index < -0.39 is 0 Å². The molecule has 0 aromatic heterocycles. The number of halogens is 1. The number of hydrogen-bond donors (Lipinski definition) is 0. The molecule has 1 rings (SSSR count). The molecule has 0 atom stereocenters. The van der Waals surface area contributed by atoms with Crippen molar-refractivity contribution in [3.63, 3.8) is 0 Å². The van der Waals surface area contributed by atoms with Crippen LogP contribution in [-0.2, 0) is 16.1 Å². The Labute approximate surface area is 132 Å². The van der Waals surface area contributed by atoms with Crippen molar-refractivity contribution in [2.45, 2.75) is 13.5 Å². The van der Waals surface area contributed by atoms with E-state index in [0.29, 0.717) is 12.2 Å². The van der Waals surface area contributed by atoms with Gasteiger partial charge in [0.1, 0.15) is 19.7 Å². The van der Waals surface area contributed by atoms with E-state index in [0.717, 1.165) is 17.6 Å². The summed E-state index contributed by atoms with van der Waals surface area (Å²) in [7, 11) is 4.25. The standard InChI is InChI=1S/C15H22NO2.HI/c1-13(2)15(17)18-11-10-16(3,4)12-14-8-6-5-7-9-14;/h5-9H,1,10-12H2,2-4H3;1H/q+1;/p-1. The smallest absolute Gasteiger partial charge is 0.333 e. The molecule has 0 saturated carbocycles. The summed E-state index contributed by atoms with van der Waals surface area (Å²) >= 11 is 0. The van der Waals surface area contributed by atoms with Crippen molar-refractivity contribution in [3.05, 3.63) is 48.0 Å². The molecule has 0 aliphatic heterocycles. The SMILES string of the molecule is C=C(C)C(=O)OCC[N+](C)(C)Cc1ccccc1.[I-]. The Kier molecular flexibility index (Phi) is 7.94. The second-order valence-electron chi connectivity index (χ2n) is 5.22. The first kappa shape index (κ1) is 18.1. The minimum atomic E-state index is -0.310. The zero-order valence-corrected chi connectivity index (χ0v) is 14.0. The molecule has 4 heteroatoms. The normalized spacial score (nSPS) is 10.5. The number of esters is 1. The maximum Gasteiger partial charge on any atom is 0.333 e. The van der Waals surface area contributed by atoms with Crippen molar-refractivity contribution in [1.82, 2.24) is 0 Å². The first-order valence-corrected chi connectivity index (χ1v) is 6.09. The van der Waals surface area contributed by atoms with Crippen molar-refractivity contribution in [1.29, 1.82) is 0 Å². The fourth-order valence-electron chi connectivity index (χ4n) is 1.67. The highest BCUT2D eigenvalue weighted by atomic mass is 127. The van der Waals surface area contributed by atoms with Gasteiger partial charge in [-0.3, -0.25) is 0 Å². The van der Waals surface area contributed by atoms with E-state index in [-0.39, 0.29) is 29.9 Å². The minimum Gasteiger partial charge on any atom is -1.00 e. The van der Waals surface area contributed by atoms with Crippen LogP contribution < -0.4 is 24.0 Å². The number of likely N-dealkylation sites (N-methyl/N-ethyl adjacent to an activating group) is 1. The number of nitrogens with zero attached hydrogens (tertiary/aromatic N) is 1. The molecule has 1 aromatic rings. The third kappa shape index (κ3) is 7.32. The van der Waals surface area contributed by atoms with Gasteiger partial charge in [0.2, 0.25) is 0 Å². The molecule has 0 radical (unpaired) electrons. The van der Waals surface area contributed by atoms with Crippen LogP contribution in [0, 0.1) is 0 Å². The fourth-order valence-corrected chi connectivity index (χ4v) is 1.67. The zero-order chi connectivity index (χ0) is 13.6. The van der Waals surface area contributed by atoms with Gasteiger partial charge in [-0.1, -0.05) is 36.9 Å². The van der Waals surface area contributed by atoms with E-state index in [1.54, 1.807) is 6.92 Å². The number of rotatable bonds is 6. The lowest BCUT2D eigenvalue weighted by Crippen LogP contribution is -3.00. The highest BCUT2D eigenvalue weighted by Crippen LogP contribution is 2.08. The van der Waals surface area contributed by atoms with Crippen LogP contribution in [0.1, 0.15) is 12.5 Å². The summed E-state index contributed by atoms with van der Waals surface area (Å²) < 4.78 is 5.91. The van der Waals surface area contributed by atoms with Crippen LogP contribution in [0.3, 0.4) is 0 Å². The number of quaternary nitrogens is 1. The molecule has 0 amide bonds. The van der Waals surface area contributed by atoms with E-state index in [1.807, 2.05) is 18.2 Å². The minimum absolute atomic E-state index is 0. The van der Waals surface area contributed by atoms with Gasteiger partial charge in [-0.05, 0) is 6.92 Å². The van der Waals surface area contributed by atoms with Crippen LogP contribution in [0.4, 0.5) is 0 Å². The summed E-state index contributed by atoms with van der Waals surface area (Å²) in [6, 6.07) is 10.3. The molecule has 0 saturated heterocycles. The largest absolute Gasteiger partial charge is 1.00 e. The Balaban J connectivity index is 0.00000324. The Morgan fingerprint density at radius 2 is 1.84 bits per heavy atom. The van der Waals surface area contributed by atoms with Crippen molar-refractivity contribution in [2.24, 2.45) is 0 Å². The molecule has 0 aliphatic rings. The van der Waals surface area contributed by atoms with Gasteiger partial charge in [0.25, 0.3) is 0 Å². The average molecular weight is 375 g/mol. The van der Waals surface area contributed by atoms with E-state index in [4.69, 9.17) is 4.74 Å². The van der Waals surface area contributed by atoms with Crippen molar-refractivity contribution in [2.75, 3.05) is 27.2 Å². The van der Waals surface area contributed by atoms with Gasteiger partial charge in [0.15, 0.2) is 0 Å². The van der Waals surface area contributed by atoms with Crippen molar-refractivity contribution >= 4 is 5.97 Å². The van der Waals surface area contributed by atoms with Crippen LogP contribution in [0.5, 0.6) is 0 Å². The van der Waals surface area contributed by atoms with Crippen molar-refractivity contribution < 1.29 is 38.0 Å². The monoisotopic (exact) mass is 375 g/mol. The lowest BCUT2D eigenvalue weighted by atomic mass is 10.2. The maximum atomic E-state index is 11.3. The predicted octanol–water partition coefficient (Wildman–Crippen LogP) is -0.614. The number of ether oxygens (including phenoxy) is 1. The molecular weight excluding hydrogens is 353 g/mol. The third-order valence-corrected chi connectivity index (χ3v) is 2.73. The lowest BCUT2D eigenvalue weighted by Gasteiger charge is -2.29. The first-order valence-electron chi connectivity index (χ1n) is 6.09. The van der Waals surface area contributed by atoms with E-state index >= 15 is 0 Å². The Bertz CT molecular complexity index is 415. The van der Waals surface area contributed by atoms with Gasteiger partial charge in [-0.25, -0.2) is 4.79 Å². The molecule has 0 spiro atoms. The lowest BCUT2D eigenvalue weighted by molar-refractivity contribution is -0.903. The predicted molar refractivity (Wildman–Crippen MR) is 72.9 cm³/mol. The number of hydrogen-bond acceptors (Lipinski definition) is 2. The second kappa shape index (κ2) is 8.32. The number of carbonyl (C=O) groups is 1. The van der Waals surface area contributed by atoms with Crippen molar-refractivity contribution in [3.8, 4) is 0 Å². The van der Waals surface area contributed by atoms with Gasteiger partial charge in [0, 0.05) is 11.1 Å². The van der Waals surface area contributed by atoms with Crippen LogP contribution in [0.2, 0.25) is 0 Å². The van der Waals surface area contributed by atoms with E-state index in [2.05, 4.69) is 32.8 Å². The van der Waals surface area contributed by atoms with E-state index in [1.165, 1.54) is 5.56 Å². The molecule has 19 heavy (non-hydrogen) atoms. The summed E-state index contributed by atoms with van der Waals surface area (Å²) in [6.07, 6.45) is 0. The molecular formula is C15H22INO2. The molecule has 1 aromatic carbocycles. The molecule has 0 aliphatic carbocycles. The second-order valence-corrected chi connectivity index (χ2v) is 5.22. The zero-order valence-electron chi connectivity index (χ0n) is 11.9. The third-order valence-electron chi connectivity index (χ3n) is 2.73. The Morgan fingerprint density at radius 1 is 1.26 bits per heavy atom. The number of benzene rings is 1. The highest BCUT2D eigenvalue weighted by molar-refractivity contribution is 5.86. The maximum absolute atomic E-state index is 11.3. The van der Waals surface area contributed by atoms with Crippen LogP contribution >= 0.6 is 0 Å². The Hall–Kier alpha value is -0.880. The molecule has 3 nitrogen and oxygen atoms in total. The summed E-state index contributed by atoms with van der Waals surface area (Å²) in [5.74, 6) is -0.310. The van der Waals surface area contributed by atoms with Gasteiger partial charge in [-0.2, -0.15) is 0 Å². The van der Waals surface area contributed by atoms with Crippen LogP contribution in [0.25, 0.3) is 0 Å². The molecule has 106 valence electrons. The van der Waals surface area contributed by atoms with Gasteiger partial charge >= 0.3 is 5.97 Å². The molecule has 0 fully saturated rings. The summed E-state index contributed by atoms with van der Waals surface area (Å²) in [6.45, 7) is 7.35. The quantitative estimate of drug-likeness (QED) is 0.287. The molecule has 0 bridgehead atoms. The van der Waals surface area contributed by atoms with Gasteiger partial charge in [0.05, 0.1) is 14.1 Å². The highest BCUT2D eigenvalue weighted by Gasteiger charge is 2.16. The first-order chi connectivity index (χ1) is 8.41. The van der Waals surface area contributed by atoms with E-state index in [9.17, 15) is 4.79 Å². The topological polar surface area (TPSA) is 26.3 Å². The van der Waals surface area contributed by atoms with Gasteiger partial charge in [-0.15, -0.1) is 0 Å². The Morgan fingerprint density at radius 3 is 2.37 bits per heavy atom. The molecule has 0 unspecified atom stereocenters. The number of carbonyl (C=O) groups excluding carboxylic acids is 1. The molecule has 0 N–H and O–H groups in total. The van der Waals surface area contributed by atoms with Crippen LogP contribution in [-0.4, -0.2) is 37.7 Å². The summed E-state index contributed by atoms with van der Waals surface area (Å²) in [4.78, 5) is 11.3. The summed E-state index contributed by atoms with van der Waals surface area (Å²) in [5, 5.41) is 0. The summed E-state index contributed by atoms with van der Waals surface area (Å²) in [5.41, 5.74) is 1.73. The van der Waals surface area contributed by atoms with Gasteiger partial charge < -0.3 is 33.2 Å².